The van der Waals surface area contributed by atoms with E-state index in [0.717, 1.165) is 0 Å². The van der Waals surface area contributed by atoms with Crippen LogP contribution in [0.4, 0.5) is 5.69 Å². The van der Waals surface area contributed by atoms with Crippen molar-refractivity contribution in [1.29, 1.82) is 0 Å². The molecule has 0 radical (unpaired) electrons. The van der Waals surface area contributed by atoms with Crippen molar-refractivity contribution in [3.05, 3.63) is 24.3 Å². The molecule has 1 amide bonds. The number of hydrogen-bond acceptors (Lipinski definition) is 4. The van der Waals surface area contributed by atoms with Gasteiger partial charge in [0, 0.05) is 5.69 Å². The molecular formula is C12H15NO4. The predicted molar refractivity (Wildman–Crippen MR) is 62.9 cm³/mol. The molecule has 0 aromatic heterocycles. The highest BCUT2D eigenvalue weighted by Crippen LogP contribution is 2.15. The highest BCUT2D eigenvalue weighted by atomic mass is 16.5. The Morgan fingerprint density at radius 1 is 1.24 bits per heavy atom. The highest BCUT2D eigenvalue weighted by molar-refractivity contribution is 6.01. The molecular weight excluding hydrogens is 222 g/mol. The average molecular weight is 237 g/mol. The van der Waals surface area contributed by atoms with Gasteiger partial charge >= 0.3 is 5.97 Å². The lowest BCUT2D eigenvalue weighted by Crippen LogP contribution is -2.18. The Morgan fingerprint density at radius 2 is 1.88 bits per heavy atom. The van der Waals surface area contributed by atoms with Crippen molar-refractivity contribution in [3.63, 3.8) is 0 Å². The minimum atomic E-state index is -0.529. The molecule has 0 saturated carbocycles. The minimum Gasteiger partial charge on any atom is -0.497 e. The van der Waals surface area contributed by atoms with Crippen molar-refractivity contribution in [3.8, 4) is 5.75 Å². The number of methoxy groups -OCH3 is 1. The largest absolute Gasteiger partial charge is 0.497 e. The summed E-state index contributed by atoms with van der Waals surface area (Å²) in [6.45, 7) is 1.97. The lowest BCUT2D eigenvalue weighted by molar-refractivity contribution is -0.145. The van der Waals surface area contributed by atoms with Gasteiger partial charge in [-0.3, -0.25) is 9.59 Å². The van der Waals surface area contributed by atoms with E-state index in [1.54, 1.807) is 38.3 Å². The van der Waals surface area contributed by atoms with Gasteiger partial charge in [0.25, 0.3) is 0 Å². The zero-order chi connectivity index (χ0) is 12.7. The van der Waals surface area contributed by atoms with Crippen LogP contribution >= 0.6 is 0 Å². The number of amides is 1. The number of nitrogens with one attached hydrogen (secondary N) is 1. The number of anilines is 1. The first-order valence-corrected chi connectivity index (χ1v) is 5.25. The molecule has 0 saturated heterocycles. The lowest BCUT2D eigenvalue weighted by Gasteiger charge is -2.06. The summed E-state index contributed by atoms with van der Waals surface area (Å²) >= 11 is 0. The molecule has 0 heterocycles. The molecule has 0 unspecified atom stereocenters. The summed E-state index contributed by atoms with van der Waals surface area (Å²) in [6.07, 6.45) is -0.278. The summed E-state index contributed by atoms with van der Waals surface area (Å²) in [5.41, 5.74) is 0.611. The van der Waals surface area contributed by atoms with Gasteiger partial charge in [0.15, 0.2) is 0 Å². The van der Waals surface area contributed by atoms with Gasteiger partial charge in [0.1, 0.15) is 12.2 Å². The monoisotopic (exact) mass is 237 g/mol. The van der Waals surface area contributed by atoms with Gasteiger partial charge in [0.2, 0.25) is 5.91 Å². The minimum absolute atomic E-state index is 0.272. The maximum absolute atomic E-state index is 11.4. The number of rotatable bonds is 5. The van der Waals surface area contributed by atoms with Crippen LogP contribution in [0.3, 0.4) is 0 Å². The van der Waals surface area contributed by atoms with Gasteiger partial charge in [-0.05, 0) is 31.2 Å². The maximum Gasteiger partial charge on any atom is 0.315 e. The highest BCUT2D eigenvalue weighted by Gasteiger charge is 2.10. The normalized spacial score (nSPS) is 9.53. The molecule has 0 bridgehead atoms. The number of esters is 1. The Balaban J connectivity index is 2.47. The standard InChI is InChI=1S/C12H15NO4/c1-3-17-12(15)8-11(14)13-9-4-6-10(16-2)7-5-9/h4-7H,3,8H2,1-2H3,(H,13,14). The Labute approximate surface area is 99.7 Å². The van der Waals surface area contributed by atoms with E-state index >= 15 is 0 Å². The summed E-state index contributed by atoms with van der Waals surface area (Å²) in [7, 11) is 1.56. The SMILES string of the molecule is CCOC(=O)CC(=O)Nc1ccc(OC)cc1. The van der Waals surface area contributed by atoms with E-state index in [-0.39, 0.29) is 13.0 Å². The van der Waals surface area contributed by atoms with Crippen molar-refractivity contribution in [1.82, 2.24) is 0 Å². The quantitative estimate of drug-likeness (QED) is 0.624. The number of carbonyl (C=O) groups excluding carboxylic acids is 2. The Hall–Kier alpha value is -2.04. The lowest BCUT2D eigenvalue weighted by atomic mass is 10.3. The average Bonchev–Trinajstić information content (AvgIpc) is 2.30. The molecule has 1 aromatic carbocycles. The zero-order valence-electron chi connectivity index (χ0n) is 9.86. The Bertz CT molecular complexity index is 386. The van der Waals surface area contributed by atoms with E-state index in [9.17, 15) is 9.59 Å². The van der Waals surface area contributed by atoms with E-state index in [2.05, 4.69) is 10.1 Å². The molecule has 0 aliphatic carbocycles. The van der Waals surface area contributed by atoms with E-state index in [1.807, 2.05) is 0 Å². The first kappa shape index (κ1) is 13.0. The van der Waals surface area contributed by atoms with Crippen LogP contribution in [0, 0.1) is 0 Å². The molecule has 1 N–H and O–H groups in total. The molecule has 0 fully saturated rings. The topological polar surface area (TPSA) is 64.6 Å². The van der Waals surface area contributed by atoms with Crippen LogP contribution < -0.4 is 10.1 Å². The van der Waals surface area contributed by atoms with E-state index in [0.29, 0.717) is 11.4 Å². The smallest absolute Gasteiger partial charge is 0.315 e. The third-order valence-electron chi connectivity index (χ3n) is 1.98. The molecule has 0 aliphatic heterocycles. The third kappa shape index (κ3) is 4.55. The Kier molecular flexibility index (Phi) is 5.00. The summed E-state index contributed by atoms with van der Waals surface area (Å²) in [4.78, 5) is 22.5. The van der Waals surface area contributed by atoms with Gasteiger partial charge < -0.3 is 14.8 Å². The van der Waals surface area contributed by atoms with Crippen LogP contribution in [0.1, 0.15) is 13.3 Å². The van der Waals surface area contributed by atoms with Crippen LogP contribution in [0.2, 0.25) is 0 Å². The summed E-state index contributed by atoms with van der Waals surface area (Å²) in [6, 6.07) is 6.84. The second-order valence-electron chi connectivity index (χ2n) is 3.26. The molecule has 92 valence electrons. The van der Waals surface area contributed by atoms with Crippen LogP contribution in [-0.2, 0) is 14.3 Å². The van der Waals surface area contributed by atoms with E-state index in [4.69, 9.17) is 4.74 Å². The zero-order valence-corrected chi connectivity index (χ0v) is 9.86. The van der Waals surface area contributed by atoms with Crippen LogP contribution in [-0.4, -0.2) is 25.6 Å². The van der Waals surface area contributed by atoms with Crippen molar-refractivity contribution < 1.29 is 19.1 Å². The van der Waals surface area contributed by atoms with Crippen molar-refractivity contribution in [2.75, 3.05) is 19.0 Å². The van der Waals surface area contributed by atoms with Gasteiger partial charge in [-0.2, -0.15) is 0 Å². The summed E-state index contributed by atoms with van der Waals surface area (Å²) in [5, 5.41) is 2.59. The molecule has 5 nitrogen and oxygen atoms in total. The van der Waals surface area contributed by atoms with Crippen LogP contribution in [0.25, 0.3) is 0 Å². The molecule has 0 atom stereocenters. The predicted octanol–water partition coefficient (Wildman–Crippen LogP) is 1.59. The van der Waals surface area contributed by atoms with Gasteiger partial charge in [-0.25, -0.2) is 0 Å². The second kappa shape index (κ2) is 6.52. The van der Waals surface area contributed by atoms with E-state index < -0.39 is 11.9 Å². The fourth-order valence-electron chi connectivity index (χ4n) is 1.22. The molecule has 1 rings (SSSR count). The van der Waals surface area contributed by atoms with Crippen LogP contribution in [0.5, 0.6) is 5.75 Å². The summed E-state index contributed by atoms with van der Waals surface area (Å²) < 4.78 is 9.65. The molecule has 1 aromatic rings. The van der Waals surface area contributed by atoms with Crippen molar-refractivity contribution >= 4 is 17.6 Å². The number of benzene rings is 1. The van der Waals surface area contributed by atoms with Crippen LogP contribution in [0.15, 0.2) is 24.3 Å². The van der Waals surface area contributed by atoms with Gasteiger partial charge in [-0.15, -0.1) is 0 Å². The summed E-state index contributed by atoms with van der Waals surface area (Å²) in [5.74, 6) is -0.222. The molecule has 5 heteroatoms. The molecule has 17 heavy (non-hydrogen) atoms. The first-order chi connectivity index (χ1) is 8.15. The second-order valence-corrected chi connectivity index (χ2v) is 3.26. The van der Waals surface area contributed by atoms with Crippen molar-refractivity contribution in [2.45, 2.75) is 13.3 Å². The molecule has 0 aliphatic rings. The number of ether oxygens (including phenoxy) is 2. The van der Waals surface area contributed by atoms with Gasteiger partial charge in [-0.1, -0.05) is 0 Å². The fourth-order valence-corrected chi connectivity index (χ4v) is 1.22. The molecule has 0 spiro atoms. The third-order valence-corrected chi connectivity index (χ3v) is 1.98. The van der Waals surface area contributed by atoms with Gasteiger partial charge in [0.05, 0.1) is 13.7 Å². The number of carbonyl (C=O) groups is 2. The first-order valence-electron chi connectivity index (χ1n) is 5.25. The van der Waals surface area contributed by atoms with E-state index in [1.165, 1.54) is 0 Å². The maximum atomic E-state index is 11.4. The Morgan fingerprint density at radius 3 is 2.41 bits per heavy atom. The number of hydrogen-bond donors (Lipinski definition) is 1. The fraction of sp³-hybridized carbons (Fsp3) is 0.333. The van der Waals surface area contributed by atoms with Crippen molar-refractivity contribution in [2.24, 2.45) is 0 Å².